The maximum absolute atomic E-state index is 12.4. The fraction of sp³-hybridized carbons (Fsp3) is 0.286. The summed E-state index contributed by atoms with van der Waals surface area (Å²) in [7, 11) is 0. The monoisotopic (exact) mass is 380 g/mol. The van der Waals surface area contributed by atoms with Crippen molar-refractivity contribution < 1.29 is 4.79 Å². The SMILES string of the molecule is O=C(NCc1cc(-c2ccccn2)n(C2CCCC2)n1)c1ccccc1Cl. The molecule has 2 heterocycles. The largest absolute Gasteiger partial charge is 0.346 e. The number of hydrogen-bond acceptors (Lipinski definition) is 3. The van der Waals surface area contributed by atoms with Crippen molar-refractivity contribution in [1.29, 1.82) is 0 Å². The van der Waals surface area contributed by atoms with E-state index in [9.17, 15) is 4.79 Å². The molecule has 1 aliphatic rings. The molecule has 27 heavy (non-hydrogen) atoms. The van der Waals surface area contributed by atoms with Crippen LogP contribution in [0.2, 0.25) is 5.02 Å². The van der Waals surface area contributed by atoms with E-state index in [0.717, 1.165) is 29.9 Å². The van der Waals surface area contributed by atoms with Crippen LogP contribution in [-0.4, -0.2) is 20.7 Å². The first-order valence-electron chi connectivity index (χ1n) is 9.25. The van der Waals surface area contributed by atoms with E-state index < -0.39 is 0 Å². The summed E-state index contributed by atoms with van der Waals surface area (Å²) < 4.78 is 2.09. The molecule has 5 nitrogen and oxygen atoms in total. The third-order valence-electron chi connectivity index (χ3n) is 4.93. The van der Waals surface area contributed by atoms with Crippen LogP contribution in [0.1, 0.15) is 47.8 Å². The smallest absolute Gasteiger partial charge is 0.253 e. The van der Waals surface area contributed by atoms with Gasteiger partial charge in [0.05, 0.1) is 40.3 Å². The number of nitrogens with one attached hydrogen (secondary N) is 1. The number of hydrogen-bond donors (Lipinski definition) is 1. The van der Waals surface area contributed by atoms with Crippen LogP contribution in [0.3, 0.4) is 0 Å². The predicted molar refractivity (Wildman–Crippen MR) is 106 cm³/mol. The van der Waals surface area contributed by atoms with Gasteiger partial charge in [0.15, 0.2) is 0 Å². The lowest BCUT2D eigenvalue weighted by atomic mass is 10.2. The van der Waals surface area contributed by atoms with Gasteiger partial charge in [0, 0.05) is 6.20 Å². The number of rotatable bonds is 5. The van der Waals surface area contributed by atoms with Gasteiger partial charge >= 0.3 is 0 Å². The van der Waals surface area contributed by atoms with Gasteiger partial charge in [0.25, 0.3) is 5.91 Å². The third-order valence-corrected chi connectivity index (χ3v) is 5.26. The van der Waals surface area contributed by atoms with Crippen molar-refractivity contribution in [2.75, 3.05) is 0 Å². The molecule has 4 rings (SSSR count). The lowest BCUT2D eigenvalue weighted by molar-refractivity contribution is 0.0950. The van der Waals surface area contributed by atoms with Crippen LogP contribution in [-0.2, 0) is 6.54 Å². The van der Waals surface area contributed by atoms with Crippen molar-refractivity contribution >= 4 is 17.5 Å². The Balaban J connectivity index is 1.56. The molecule has 6 heteroatoms. The molecular formula is C21H21ClN4O. The van der Waals surface area contributed by atoms with E-state index in [-0.39, 0.29) is 5.91 Å². The Hall–Kier alpha value is -2.66. The summed E-state index contributed by atoms with van der Waals surface area (Å²) in [4.78, 5) is 16.9. The first-order valence-corrected chi connectivity index (χ1v) is 9.63. The van der Waals surface area contributed by atoms with Gasteiger partial charge in [-0.25, -0.2) is 0 Å². The summed E-state index contributed by atoms with van der Waals surface area (Å²) in [6.07, 6.45) is 6.51. The Kier molecular flexibility index (Phi) is 5.21. The molecule has 138 valence electrons. The second-order valence-electron chi connectivity index (χ2n) is 6.78. The van der Waals surface area contributed by atoms with Crippen molar-refractivity contribution in [3.63, 3.8) is 0 Å². The Morgan fingerprint density at radius 2 is 1.93 bits per heavy atom. The molecule has 1 N–H and O–H groups in total. The highest BCUT2D eigenvalue weighted by Crippen LogP contribution is 2.33. The molecule has 2 aromatic heterocycles. The van der Waals surface area contributed by atoms with E-state index in [1.54, 1.807) is 24.4 Å². The first-order chi connectivity index (χ1) is 13.2. The Morgan fingerprint density at radius 1 is 1.15 bits per heavy atom. The normalized spacial score (nSPS) is 14.4. The van der Waals surface area contributed by atoms with Crippen LogP contribution in [0.5, 0.6) is 0 Å². The molecular weight excluding hydrogens is 360 g/mol. The van der Waals surface area contributed by atoms with Gasteiger partial charge < -0.3 is 5.32 Å². The summed E-state index contributed by atoms with van der Waals surface area (Å²) in [5.41, 5.74) is 3.20. The molecule has 0 unspecified atom stereocenters. The molecule has 0 aliphatic heterocycles. The highest BCUT2D eigenvalue weighted by molar-refractivity contribution is 6.33. The lowest BCUT2D eigenvalue weighted by Crippen LogP contribution is -2.23. The van der Waals surface area contributed by atoms with Crippen molar-refractivity contribution in [2.45, 2.75) is 38.3 Å². The number of pyridine rings is 1. The molecule has 0 saturated heterocycles. The number of aromatic nitrogens is 3. The Labute approximate surface area is 163 Å². The minimum absolute atomic E-state index is 0.199. The number of carbonyl (C=O) groups is 1. The van der Waals surface area contributed by atoms with E-state index in [0.29, 0.717) is 23.2 Å². The fourth-order valence-corrected chi connectivity index (χ4v) is 3.80. The number of halogens is 1. The zero-order chi connectivity index (χ0) is 18.6. The van der Waals surface area contributed by atoms with Crippen molar-refractivity contribution in [1.82, 2.24) is 20.1 Å². The van der Waals surface area contributed by atoms with Gasteiger partial charge in [-0.3, -0.25) is 14.5 Å². The summed E-state index contributed by atoms with van der Waals surface area (Å²) in [6, 6.07) is 15.3. The quantitative estimate of drug-likeness (QED) is 0.701. The molecule has 3 aromatic rings. The minimum Gasteiger partial charge on any atom is -0.346 e. The third kappa shape index (κ3) is 3.88. The van der Waals surface area contributed by atoms with Crippen molar-refractivity contribution in [2.24, 2.45) is 0 Å². The van der Waals surface area contributed by atoms with Gasteiger partial charge in [0.1, 0.15) is 0 Å². The van der Waals surface area contributed by atoms with Gasteiger partial charge in [-0.15, -0.1) is 0 Å². The zero-order valence-electron chi connectivity index (χ0n) is 14.9. The summed E-state index contributed by atoms with van der Waals surface area (Å²) in [5, 5.41) is 8.15. The van der Waals surface area contributed by atoms with Crippen LogP contribution in [0.4, 0.5) is 0 Å². The molecule has 1 saturated carbocycles. The minimum atomic E-state index is -0.199. The number of carbonyl (C=O) groups excluding carboxylic acids is 1. The fourth-order valence-electron chi connectivity index (χ4n) is 3.58. The molecule has 0 spiro atoms. The molecule has 0 radical (unpaired) electrons. The van der Waals surface area contributed by atoms with Crippen LogP contribution in [0, 0.1) is 0 Å². The summed E-state index contributed by atoms with van der Waals surface area (Å²) in [5.74, 6) is -0.199. The van der Waals surface area contributed by atoms with Crippen LogP contribution in [0.25, 0.3) is 11.4 Å². The maximum Gasteiger partial charge on any atom is 0.253 e. The van der Waals surface area contributed by atoms with E-state index >= 15 is 0 Å². The van der Waals surface area contributed by atoms with E-state index in [1.807, 2.05) is 30.3 Å². The van der Waals surface area contributed by atoms with Gasteiger partial charge in [-0.05, 0) is 43.2 Å². The van der Waals surface area contributed by atoms with Gasteiger partial charge in [0.2, 0.25) is 0 Å². The molecule has 0 bridgehead atoms. The highest BCUT2D eigenvalue weighted by atomic mass is 35.5. The molecule has 0 atom stereocenters. The van der Waals surface area contributed by atoms with Crippen LogP contribution < -0.4 is 5.32 Å². The topological polar surface area (TPSA) is 59.8 Å². The predicted octanol–water partition coefficient (Wildman–Crippen LogP) is 4.64. The maximum atomic E-state index is 12.4. The van der Waals surface area contributed by atoms with Gasteiger partial charge in [-0.2, -0.15) is 5.10 Å². The summed E-state index contributed by atoms with van der Waals surface area (Å²) in [6.45, 7) is 0.351. The van der Waals surface area contributed by atoms with Gasteiger partial charge in [-0.1, -0.05) is 42.6 Å². The zero-order valence-corrected chi connectivity index (χ0v) is 15.7. The first kappa shape index (κ1) is 17.7. The van der Waals surface area contributed by atoms with E-state index in [2.05, 4.69) is 15.0 Å². The molecule has 1 amide bonds. The van der Waals surface area contributed by atoms with Crippen LogP contribution in [0.15, 0.2) is 54.7 Å². The number of benzene rings is 1. The number of amides is 1. The Morgan fingerprint density at radius 3 is 2.67 bits per heavy atom. The Bertz CT molecular complexity index is 932. The highest BCUT2D eigenvalue weighted by Gasteiger charge is 2.22. The standard InChI is InChI=1S/C21H21ClN4O/c22-18-10-4-3-9-17(18)21(27)24-14-15-13-20(19-11-5-6-12-23-19)26(25-15)16-7-1-2-8-16/h3-6,9-13,16H,1-2,7-8,14H2,(H,24,27). The lowest BCUT2D eigenvalue weighted by Gasteiger charge is -2.13. The van der Waals surface area contributed by atoms with Crippen molar-refractivity contribution in [3.05, 3.63) is 71.0 Å². The molecule has 1 aliphatic carbocycles. The van der Waals surface area contributed by atoms with E-state index in [4.69, 9.17) is 16.7 Å². The second kappa shape index (κ2) is 7.92. The van der Waals surface area contributed by atoms with Crippen LogP contribution >= 0.6 is 11.6 Å². The average Bonchev–Trinajstić information content (AvgIpc) is 3.37. The summed E-state index contributed by atoms with van der Waals surface area (Å²) >= 11 is 6.11. The van der Waals surface area contributed by atoms with E-state index in [1.165, 1.54) is 12.8 Å². The second-order valence-corrected chi connectivity index (χ2v) is 7.19. The average molecular weight is 381 g/mol. The van der Waals surface area contributed by atoms with Crippen molar-refractivity contribution in [3.8, 4) is 11.4 Å². The molecule has 1 aromatic carbocycles. The molecule has 1 fully saturated rings. The number of nitrogens with zero attached hydrogens (tertiary/aromatic N) is 3.